The summed E-state index contributed by atoms with van der Waals surface area (Å²) < 4.78 is 0. The summed E-state index contributed by atoms with van der Waals surface area (Å²) >= 11 is 0. The molecule has 0 N–H and O–H groups in total. The molecule has 0 radical (unpaired) electrons. The van der Waals surface area contributed by atoms with Crippen LogP contribution in [0.25, 0.3) is 33.3 Å². The van der Waals surface area contributed by atoms with Crippen LogP contribution in [-0.4, -0.2) is 4.98 Å². The van der Waals surface area contributed by atoms with Gasteiger partial charge < -0.3 is 0 Å². The lowest BCUT2D eigenvalue weighted by Crippen LogP contribution is -1.94. The van der Waals surface area contributed by atoms with Gasteiger partial charge in [0.05, 0.1) is 11.2 Å². The highest BCUT2D eigenvalue weighted by Gasteiger charge is 2.24. The molecule has 0 amide bonds. The molecule has 108 valence electrons. The third kappa shape index (κ3) is 1.83. The van der Waals surface area contributed by atoms with Gasteiger partial charge in [-0.2, -0.15) is 0 Å². The van der Waals surface area contributed by atoms with Crippen LogP contribution >= 0.6 is 0 Å². The lowest BCUT2D eigenvalue weighted by Gasteiger charge is -2.12. The summed E-state index contributed by atoms with van der Waals surface area (Å²) in [6, 6.07) is 27.7. The first-order chi connectivity index (χ1) is 11.4. The Labute approximate surface area is 135 Å². The summed E-state index contributed by atoms with van der Waals surface area (Å²) in [5.41, 5.74) is 8.87. The molecule has 1 heteroatoms. The van der Waals surface area contributed by atoms with Crippen molar-refractivity contribution in [3.8, 4) is 22.4 Å². The number of benzene rings is 3. The number of fused-ring (bicyclic) bond motifs is 5. The fourth-order valence-electron chi connectivity index (χ4n) is 3.67. The summed E-state index contributed by atoms with van der Waals surface area (Å²) in [6.45, 7) is 0. The van der Waals surface area contributed by atoms with Gasteiger partial charge in [0.1, 0.15) is 0 Å². The fraction of sp³-hybridized carbons (Fsp3) is 0.0455. The fourth-order valence-corrected chi connectivity index (χ4v) is 3.67. The Morgan fingerprint density at radius 2 is 1.43 bits per heavy atom. The molecule has 1 aliphatic carbocycles. The predicted molar refractivity (Wildman–Crippen MR) is 95.4 cm³/mol. The topological polar surface area (TPSA) is 12.9 Å². The Balaban J connectivity index is 1.92. The van der Waals surface area contributed by atoms with E-state index in [0.717, 1.165) is 17.6 Å². The summed E-state index contributed by atoms with van der Waals surface area (Å²) in [4.78, 5) is 5.00. The van der Waals surface area contributed by atoms with E-state index >= 15 is 0 Å². The first-order valence-electron chi connectivity index (χ1n) is 7.97. The lowest BCUT2D eigenvalue weighted by atomic mass is 9.97. The van der Waals surface area contributed by atoms with Gasteiger partial charge in [0.15, 0.2) is 0 Å². The number of para-hydroxylation sites is 1. The van der Waals surface area contributed by atoms with Crippen LogP contribution < -0.4 is 0 Å². The Kier molecular flexibility index (Phi) is 2.62. The minimum atomic E-state index is 0.966. The van der Waals surface area contributed by atoms with Crippen molar-refractivity contribution in [3.63, 3.8) is 0 Å². The molecule has 0 saturated heterocycles. The van der Waals surface area contributed by atoms with E-state index in [1.54, 1.807) is 0 Å². The molecule has 1 aromatic heterocycles. The van der Waals surface area contributed by atoms with Gasteiger partial charge in [0.2, 0.25) is 0 Å². The van der Waals surface area contributed by atoms with Crippen LogP contribution in [0.1, 0.15) is 11.1 Å². The largest absolute Gasteiger partial charge is 0.247 e. The standard InChI is InChI=1S/C22H15N/c1-2-8-15(9-3-1)22-19-14-16-10-4-5-11-17(16)21(19)18-12-6-7-13-20(18)23-22/h1-13H,14H2. The number of hydrogen-bond donors (Lipinski definition) is 0. The van der Waals surface area contributed by atoms with Crippen LogP contribution in [-0.2, 0) is 6.42 Å². The van der Waals surface area contributed by atoms with Crippen molar-refractivity contribution in [1.29, 1.82) is 0 Å². The van der Waals surface area contributed by atoms with E-state index in [1.807, 2.05) is 0 Å². The molecule has 3 aromatic carbocycles. The molecule has 0 fully saturated rings. The highest BCUT2D eigenvalue weighted by Crippen LogP contribution is 2.44. The molecule has 1 aliphatic rings. The summed E-state index contributed by atoms with van der Waals surface area (Å²) in [6.07, 6.45) is 0.966. The SMILES string of the molecule is c1ccc(-c2nc3ccccc3c3c2Cc2ccccc2-3)cc1. The van der Waals surface area contributed by atoms with Gasteiger partial charge in [0.25, 0.3) is 0 Å². The van der Waals surface area contributed by atoms with E-state index in [4.69, 9.17) is 4.98 Å². The molecule has 5 rings (SSSR count). The van der Waals surface area contributed by atoms with Crippen molar-refractivity contribution in [3.05, 3.63) is 90.0 Å². The van der Waals surface area contributed by atoms with Crippen molar-refractivity contribution in [2.24, 2.45) is 0 Å². The van der Waals surface area contributed by atoms with Gasteiger partial charge in [-0.3, -0.25) is 0 Å². The molecule has 4 aromatic rings. The Morgan fingerprint density at radius 3 is 2.35 bits per heavy atom. The Morgan fingerprint density at radius 1 is 0.696 bits per heavy atom. The number of nitrogens with zero attached hydrogens (tertiary/aromatic N) is 1. The number of aromatic nitrogens is 1. The van der Waals surface area contributed by atoms with Gasteiger partial charge in [-0.05, 0) is 28.3 Å². The minimum absolute atomic E-state index is 0.966. The van der Waals surface area contributed by atoms with Gasteiger partial charge >= 0.3 is 0 Å². The van der Waals surface area contributed by atoms with Crippen LogP contribution in [0, 0.1) is 0 Å². The molecule has 0 aliphatic heterocycles. The highest BCUT2D eigenvalue weighted by molar-refractivity contribution is 6.02. The summed E-state index contributed by atoms with van der Waals surface area (Å²) in [7, 11) is 0. The van der Waals surface area contributed by atoms with Gasteiger partial charge in [-0.15, -0.1) is 0 Å². The third-order valence-corrected chi connectivity index (χ3v) is 4.69. The molecule has 0 atom stereocenters. The van der Waals surface area contributed by atoms with Crippen LogP contribution in [0.4, 0.5) is 0 Å². The predicted octanol–water partition coefficient (Wildman–Crippen LogP) is 5.47. The second-order valence-electron chi connectivity index (χ2n) is 6.03. The molecule has 0 bridgehead atoms. The van der Waals surface area contributed by atoms with Gasteiger partial charge in [-0.25, -0.2) is 4.98 Å². The minimum Gasteiger partial charge on any atom is -0.247 e. The van der Waals surface area contributed by atoms with Gasteiger partial charge in [-0.1, -0.05) is 72.8 Å². The number of rotatable bonds is 1. The lowest BCUT2D eigenvalue weighted by molar-refractivity contribution is 1.23. The van der Waals surface area contributed by atoms with Crippen molar-refractivity contribution in [2.45, 2.75) is 6.42 Å². The quantitative estimate of drug-likeness (QED) is 0.399. The maximum Gasteiger partial charge on any atom is 0.0751 e. The first-order valence-corrected chi connectivity index (χ1v) is 7.97. The Bertz CT molecular complexity index is 1030. The highest BCUT2D eigenvalue weighted by atomic mass is 14.7. The summed E-state index contributed by atoms with van der Waals surface area (Å²) in [5.74, 6) is 0. The van der Waals surface area contributed by atoms with E-state index in [0.29, 0.717) is 0 Å². The zero-order valence-corrected chi connectivity index (χ0v) is 12.7. The molecular weight excluding hydrogens is 278 g/mol. The molecule has 0 unspecified atom stereocenters. The number of pyridine rings is 1. The van der Waals surface area contributed by atoms with E-state index in [2.05, 4.69) is 78.9 Å². The maximum absolute atomic E-state index is 5.00. The molecule has 1 heterocycles. The van der Waals surface area contributed by atoms with E-state index in [9.17, 15) is 0 Å². The van der Waals surface area contributed by atoms with Crippen LogP contribution in [0.15, 0.2) is 78.9 Å². The van der Waals surface area contributed by atoms with Gasteiger partial charge in [0, 0.05) is 17.4 Å². The van der Waals surface area contributed by atoms with E-state index in [1.165, 1.54) is 33.2 Å². The van der Waals surface area contributed by atoms with Crippen molar-refractivity contribution in [2.75, 3.05) is 0 Å². The zero-order valence-electron chi connectivity index (χ0n) is 12.7. The van der Waals surface area contributed by atoms with Crippen LogP contribution in [0.2, 0.25) is 0 Å². The molecular formula is C22H15N. The van der Waals surface area contributed by atoms with E-state index in [-0.39, 0.29) is 0 Å². The molecule has 1 nitrogen and oxygen atoms in total. The summed E-state index contributed by atoms with van der Waals surface area (Å²) in [5, 5.41) is 1.26. The van der Waals surface area contributed by atoms with Crippen molar-refractivity contribution in [1.82, 2.24) is 4.98 Å². The molecule has 23 heavy (non-hydrogen) atoms. The number of hydrogen-bond acceptors (Lipinski definition) is 1. The first kappa shape index (κ1) is 12.6. The molecule has 0 saturated carbocycles. The maximum atomic E-state index is 5.00. The van der Waals surface area contributed by atoms with Crippen molar-refractivity contribution >= 4 is 10.9 Å². The van der Waals surface area contributed by atoms with E-state index < -0.39 is 0 Å². The monoisotopic (exact) mass is 293 g/mol. The second-order valence-corrected chi connectivity index (χ2v) is 6.03. The van der Waals surface area contributed by atoms with Crippen molar-refractivity contribution < 1.29 is 0 Å². The second kappa shape index (κ2) is 4.79. The third-order valence-electron chi connectivity index (χ3n) is 4.69. The Hall–Kier alpha value is -2.93. The average Bonchev–Trinajstić information content (AvgIpc) is 3.01. The average molecular weight is 293 g/mol. The smallest absolute Gasteiger partial charge is 0.0751 e. The molecule has 0 spiro atoms. The van der Waals surface area contributed by atoms with Crippen LogP contribution in [0.3, 0.4) is 0 Å². The normalized spacial score (nSPS) is 12.2. The zero-order chi connectivity index (χ0) is 15.2. The van der Waals surface area contributed by atoms with Crippen LogP contribution in [0.5, 0.6) is 0 Å².